The molecule has 3 aromatic rings. The van der Waals surface area contributed by atoms with Crippen molar-refractivity contribution in [1.29, 1.82) is 0 Å². The zero-order valence-electron chi connectivity index (χ0n) is 12.7. The van der Waals surface area contributed by atoms with Crippen LogP contribution in [0, 0.1) is 19.2 Å². The fraction of sp³-hybridized carbons (Fsp3) is 0.111. The van der Waals surface area contributed by atoms with Crippen molar-refractivity contribution >= 4 is 8.41 Å². The fourth-order valence-corrected chi connectivity index (χ4v) is 2.25. The van der Waals surface area contributed by atoms with E-state index in [1.54, 1.807) is 6.20 Å². The van der Waals surface area contributed by atoms with Crippen LogP contribution in [0.15, 0.2) is 54.9 Å². The molecule has 2 aromatic heterocycles. The fourth-order valence-electron chi connectivity index (χ4n) is 2.25. The van der Waals surface area contributed by atoms with Gasteiger partial charge in [0.25, 0.3) is 0 Å². The van der Waals surface area contributed by atoms with E-state index in [0.29, 0.717) is 0 Å². The van der Waals surface area contributed by atoms with Gasteiger partial charge in [-0.25, -0.2) is 4.57 Å². The Morgan fingerprint density at radius 2 is 1.82 bits per heavy atom. The SMILES string of the molecule is Cc1ccc(-c2[c-]nccc2)[c-]c1-c1cccc[n+]1C.[B].[Y]. The van der Waals surface area contributed by atoms with Crippen molar-refractivity contribution in [2.75, 3.05) is 0 Å². The molecule has 22 heavy (non-hydrogen) atoms. The van der Waals surface area contributed by atoms with Crippen molar-refractivity contribution in [1.82, 2.24) is 4.98 Å². The summed E-state index contributed by atoms with van der Waals surface area (Å²) in [4.78, 5) is 4.05. The molecule has 1 aromatic carbocycles. The summed E-state index contributed by atoms with van der Waals surface area (Å²) in [6, 6.07) is 17.8. The first-order valence-corrected chi connectivity index (χ1v) is 6.57. The molecule has 104 valence electrons. The summed E-state index contributed by atoms with van der Waals surface area (Å²) in [6.07, 6.45) is 6.79. The van der Waals surface area contributed by atoms with Gasteiger partial charge in [-0.2, -0.15) is 29.3 Å². The summed E-state index contributed by atoms with van der Waals surface area (Å²) in [6.45, 7) is 2.11. The van der Waals surface area contributed by atoms with E-state index >= 15 is 0 Å². The first-order valence-electron chi connectivity index (χ1n) is 6.57. The van der Waals surface area contributed by atoms with Crippen LogP contribution in [-0.4, -0.2) is 13.4 Å². The maximum atomic E-state index is 4.05. The number of rotatable bonds is 2. The summed E-state index contributed by atoms with van der Waals surface area (Å²) in [5, 5.41) is 0. The number of benzene rings is 1. The Bertz CT molecular complexity index is 745. The van der Waals surface area contributed by atoms with Crippen molar-refractivity contribution < 1.29 is 37.3 Å². The summed E-state index contributed by atoms with van der Waals surface area (Å²) < 4.78 is 2.11. The van der Waals surface area contributed by atoms with Gasteiger partial charge in [-0.15, -0.1) is 17.7 Å². The molecule has 0 aliphatic carbocycles. The van der Waals surface area contributed by atoms with Gasteiger partial charge in [0.15, 0.2) is 6.20 Å². The third-order valence-electron chi connectivity index (χ3n) is 3.36. The molecule has 0 spiro atoms. The molecule has 0 fully saturated rings. The minimum absolute atomic E-state index is 0. The average molecular weight is 359 g/mol. The second kappa shape index (κ2) is 8.36. The molecule has 0 N–H and O–H groups in total. The summed E-state index contributed by atoms with van der Waals surface area (Å²) in [7, 11) is 2.05. The van der Waals surface area contributed by atoms with Crippen molar-refractivity contribution in [3.05, 3.63) is 72.7 Å². The maximum absolute atomic E-state index is 4.05. The van der Waals surface area contributed by atoms with E-state index in [-0.39, 0.29) is 41.1 Å². The molecule has 0 unspecified atom stereocenters. The molecule has 0 atom stereocenters. The molecule has 0 aliphatic heterocycles. The van der Waals surface area contributed by atoms with Gasteiger partial charge in [-0.1, -0.05) is 30.9 Å². The van der Waals surface area contributed by atoms with Gasteiger partial charge < -0.3 is 4.98 Å². The summed E-state index contributed by atoms with van der Waals surface area (Å²) in [5.74, 6) is 0. The number of aryl methyl sites for hydroxylation is 2. The van der Waals surface area contributed by atoms with Crippen molar-refractivity contribution in [3.8, 4) is 22.4 Å². The van der Waals surface area contributed by atoms with Gasteiger partial charge in [-0.3, -0.25) is 0 Å². The van der Waals surface area contributed by atoms with E-state index in [1.165, 1.54) is 5.56 Å². The molecule has 3 rings (SSSR count). The number of hydrogen-bond acceptors (Lipinski definition) is 1. The first kappa shape index (κ1) is 18.7. The smallest absolute Gasteiger partial charge is 0.161 e. The molecule has 0 aliphatic rings. The molecule has 4 radical (unpaired) electrons. The Morgan fingerprint density at radius 3 is 2.50 bits per heavy atom. The Labute approximate surface area is 159 Å². The summed E-state index contributed by atoms with van der Waals surface area (Å²) in [5.41, 5.74) is 5.45. The van der Waals surface area contributed by atoms with Crippen LogP contribution in [-0.2, 0) is 39.8 Å². The zero-order chi connectivity index (χ0) is 13.9. The molecule has 0 bridgehead atoms. The standard InChI is InChI=1S/C18H15N2.B.Y/c1-14-8-9-15(16-6-5-10-19-13-16)12-17(14)18-7-3-4-11-20(18)2;;/h3-11H,1-2H3;;/q-1;;. The van der Waals surface area contributed by atoms with Gasteiger partial charge in [0.05, 0.1) is 0 Å². The molecular formula is C18H15BN2Y-. The number of aromatic nitrogens is 2. The average Bonchev–Trinajstić information content (AvgIpc) is 2.49. The largest absolute Gasteiger partial charge is 0.369 e. The van der Waals surface area contributed by atoms with E-state index in [0.717, 1.165) is 22.4 Å². The van der Waals surface area contributed by atoms with E-state index in [1.807, 2.05) is 37.5 Å². The van der Waals surface area contributed by atoms with Gasteiger partial charge >= 0.3 is 0 Å². The summed E-state index contributed by atoms with van der Waals surface area (Å²) >= 11 is 0. The van der Waals surface area contributed by atoms with Crippen molar-refractivity contribution in [2.45, 2.75) is 6.92 Å². The van der Waals surface area contributed by atoms with E-state index in [4.69, 9.17) is 0 Å². The van der Waals surface area contributed by atoms with Crippen LogP contribution in [0.2, 0.25) is 0 Å². The quantitative estimate of drug-likeness (QED) is 0.391. The second-order valence-corrected chi connectivity index (χ2v) is 4.79. The van der Waals surface area contributed by atoms with Gasteiger partial charge in [0.1, 0.15) is 12.7 Å². The first-order chi connectivity index (χ1) is 9.75. The van der Waals surface area contributed by atoms with E-state index in [9.17, 15) is 0 Å². The predicted octanol–water partition coefficient (Wildman–Crippen LogP) is 2.77. The number of hydrogen-bond donors (Lipinski definition) is 0. The van der Waals surface area contributed by atoms with Crippen LogP contribution >= 0.6 is 0 Å². The molecular weight excluding hydrogens is 344 g/mol. The number of nitrogens with zero attached hydrogens (tertiary/aromatic N) is 2. The molecule has 0 saturated heterocycles. The van der Waals surface area contributed by atoms with Gasteiger partial charge in [-0.05, 0) is 6.07 Å². The van der Waals surface area contributed by atoms with Crippen LogP contribution in [0.4, 0.5) is 0 Å². The van der Waals surface area contributed by atoms with Gasteiger partial charge in [0, 0.05) is 47.2 Å². The van der Waals surface area contributed by atoms with Crippen LogP contribution < -0.4 is 4.57 Å². The van der Waals surface area contributed by atoms with Crippen LogP contribution in [0.25, 0.3) is 22.4 Å². The monoisotopic (exact) mass is 359 g/mol. The predicted molar refractivity (Wildman–Crippen MR) is 84.4 cm³/mol. The maximum Gasteiger partial charge on any atom is 0.161 e. The molecule has 4 heteroatoms. The Morgan fingerprint density at radius 1 is 1.00 bits per heavy atom. The Balaban J connectivity index is 0.00000121. The normalized spacial score (nSPS) is 9.55. The van der Waals surface area contributed by atoms with Crippen molar-refractivity contribution in [2.24, 2.45) is 7.05 Å². The van der Waals surface area contributed by atoms with E-state index < -0.39 is 0 Å². The van der Waals surface area contributed by atoms with Crippen LogP contribution in [0.5, 0.6) is 0 Å². The van der Waals surface area contributed by atoms with E-state index in [2.05, 4.69) is 46.9 Å². The Kier molecular flexibility index (Phi) is 7.12. The molecule has 0 saturated carbocycles. The second-order valence-electron chi connectivity index (χ2n) is 4.79. The molecule has 2 nitrogen and oxygen atoms in total. The third kappa shape index (κ3) is 3.91. The Hall–Kier alpha value is -1.31. The minimum Gasteiger partial charge on any atom is -0.369 e. The molecule has 0 amide bonds. The van der Waals surface area contributed by atoms with Crippen LogP contribution in [0.3, 0.4) is 0 Å². The van der Waals surface area contributed by atoms with Crippen LogP contribution in [0.1, 0.15) is 5.56 Å². The molecule has 2 heterocycles. The zero-order valence-corrected chi connectivity index (χ0v) is 15.6. The minimum atomic E-state index is 0. The topological polar surface area (TPSA) is 16.8 Å². The third-order valence-corrected chi connectivity index (χ3v) is 3.36. The number of pyridine rings is 2. The van der Waals surface area contributed by atoms with Crippen molar-refractivity contribution in [3.63, 3.8) is 0 Å². The van der Waals surface area contributed by atoms with Gasteiger partial charge in [0.2, 0.25) is 0 Å².